The van der Waals surface area contributed by atoms with E-state index in [1.165, 1.54) is 41.0 Å². The van der Waals surface area contributed by atoms with Gasteiger partial charge in [0.25, 0.3) is 11.8 Å². The van der Waals surface area contributed by atoms with Crippen LogP contribution in [0.25, 0.3) is 6.08 Å². The van der Waals surface area contributed by atoms with Gasteiger partial charge in [-0.3, -0.25) is 14.4 Å². The number of esters is 1. The van der Waals surface area contributed by atoms with Crippen LogP contribution in [0.4, 0.5) is 10.7 Å². The highest BCUT2D eigenvalue weighted by Gasteiger charge is 2.32. The Morgan fingerprint density at radius 2 is 1.71 bits per heavy atom. The van der Waals surface area contributed by atoms with Gasteiger partial charge in [-0.1, -0.05) is 61.5 Å². The zero-order valence-corrected chi connectivity index (χ0v) is 30.5. The lowest BCUT2D eigenvalue weighted by Gasteiger charge is -2.23. The molecule has 2 atom stereocenters. The van der Waals surface area contributed by atoms with Crippen molar-refractivity contribution in [1.82, 2.24) is 5.32 Å². The Labute approximate surface area is 310 Å². The van der Waals surface area contributed by atoms with Crippen molar-refractivity contribution in [3.63, 3.8) is 0 Å². The summed E-state index contributed by atoms with van der Waals surface area (Å²) >= 11 is 2.82. The molecule has 1 aliphatic carbocycles. The molecule has 1 aliphatic rings. The molecule has 6 rings (SSSR count). The fourth-order valence-corrected chi connectivity index (χ4v) is 8.42. The molecule has 0 aliphatic heterocycles. The number of hydrogen-bond donors (Lipinski definition) is 3. The summed E-state index contributed by atoms with van der Waals surface area (Å²) in [6.45, 7) is 3.95. The van der Waals surface area contributed by atoms with Crippen LogP contribution in [0.15, 0.2) is 118 Å². The van der Waals surface area contributed by atoms with Crippen LogP contribution >= 0.6 is 23.1 Å². The van der Waals surface area contributed by atoms with Crippen molar-refractivity contribution in [1.29, 1.82) is 0 Å². The number of carbonyl (C=O) groups excluding carboxylic acids is 4. The predicted octanol–water partition coefficient (Wildman–Crippen LogP) is 8.71. The lowest BCUT2D eigenvalue weighted by molar-refractivity contribution is -0.116. The zero-order chi connectivity index (χ0) is 36.5. The van der Waals surface area contributed by atoms with E-state index in [2.05, 4.69) is 28.1 Å². The molecule has 0 fully saturated rings. The van der Waals surface area contributed by atoms with E-state index in [9.17, 15) is 19.2 Å². The normalized spacial score (nSPS) is 14.5. The highest BCUT2D eigenvalue weighted by Crippen LogP contribution is 2.43. The maximum Gasteiger partial charge on any atom is 0.341 e. The Bertz CT molecular complexity index is 2060. The van der Waals surface area contributed by atoms with E-state index in [4.69, 9.17) is 9.15 Å². The van der Waals surface area contributed by atoms with E-state index >= 15 is 0 Å². The van der Waals surface area contributed by atoms with E-state index in [0.29, 0.717) is 39.9 Å². The molecule has 0 saturated heterocycles. The monoisotopic (exact) mass is 733 g/mol. The quantitative estimate of drug-likeness (QED) is 0.0628. The third kappa shape index (κ3) is 8.90. The number of nitrogens with one attached hydrogen (secondary N) is 3. The molecule has 52 heavy (non-hydrogen) atoms. The van der Waals surface area contributed by atoms with Crippen molar-refractivity contribution < 1.29 is 28.3 Å². The number of rotatable bonds is 13. The zero-order valence-electron chi connectivity index (χ0n) is 28.8. The molecule has 0 spiro atoms. The number of thiophene rings is 1. The van der Waals surface area contributed by atoms with Gasteiger partial charge in [0.05, 0.1) is 23.7 Å². The highest BCUT2D eigenvalue weighted by molar-refractivity contribution is 8.00. The molecular formula is C41H39N3O6S2. The first-order valence-electron chi connectivity index (χ1n) is 17.2. The Hall–Kier alpha value is -5.39. The largest absolute Gasteiger partial charge is 0.465 e. The SMILES string of the molecule is CCOC(=O)c1c(NC(=O)C(CC)Sc2cccc(NC(=O)/C(=C/c3ccco3)NC(=O)c3ccccc3)c2)sc2c1CCC(c1ccccc1)C2. The molecule has 9 nitrogen and oxygen atoms in total. The fraction of sp³-hybridized carbons (Fsp3) is 0.220. The van der Waals surface area contributed by atoms with E-state index in [1.54, 1.807) is 67.6 Å². The molecule has 266 valence electrons. The number of anilines is 2. The minimum atomic E-state index is -0.546. The van der Waals surface area contributed by atoms with Crippen molar-refractivity contribution in [2.24, 2.45) is 0 Å². The Morgan fingerprint density at radius 3 is 2.42 bits per heavy atom. The van der Waals surface area contributed by atoms with Gasteiger partial charge in [0.2, 0.25) is 5.91 Å². The molecule has 2 aromatic heterocycles. The number of ether oxygens (including phenoxy) is 1. The lowest BCUT2D eigenvalue weighted by Crippen LogP contribution is -2.30. The topological polar surface area (TPSA) is 127 Å². The predicted molar refractivity (Wildman–Crippen MR) is 206 cm³/mol. The van der Waals surface area contributed by atoms with Crippen LogP contribution in [0.2, 0.25) is 0 Å². The number of carbonyl (C=O) groups is 4. The molecular weight excluding hydrogens is 695 g/mol. The first kappa shape index (κ1) is 36.4. The number of thioether (sulfide) groups is 1. The van der Waals surface area contributed by atoms with Gasteiger partial charge in [0.15, 0.2) is 0 Å². The standard InChI is InChI=1S/C41H39N3O6S2/c1-3-34(39(47)44-40-36(41(48)49-4-2)32-21-20-28(23-35(32)52-40)26-13-7-5-8-14-26)51-31-19-11-17-29(24-31)42-38(46)33(25-30-18-12-22-50-30)43-37(45)27-15-9-6-10-16-27/h5-19,22,24-25,28,34H,3-4,20-21,23H2,1-2H3,(H,42,46)(H,43,45)(H,44,47)/b33-25-. The van der Waals surface area contributed by atoms with Crippen LogP contribution in [0.1, 0.15) is 75.1 Å². The van der Waals surface area contributed by atoms with Crippen molar-refractivity contribution >= 4 is 63.6 Å². The summed E-state index contributed by atoms with van der Waals surface area (Å²) in [5.41, 5.74) is 3.58. The second-order valence-corrected chi connectivity index (χ2v) is 14.5. The number of amides is 3. The van der Waals surface area contributed by atoms with Gasteiger partial charge in [-0.15, -0.1) is 23.1 Å². The summed E-state index contributed by atoms with van der Waals surface area (Å²) < 4.78 is 10.8. The van der Waals surface area contributed by atoms with Gasteiger partial charge in [0.1, 0.15) is 16.5 Å². The van der Waals surface area contributed by atoms with Crippen LogP contribution in [-0.4, -0.2) is 35.5 Å². The lowest BCUT2D eigenvalue weighted by atomic mass is 9.83. The van der Waals surface area contributed by atoms with Crippen LogP contribution in [-0.2, 0) is 27.2 Å². The average Bonchev–Trinajstić information content (AvgIpc) is 3.81. The van der Waals surface area contributed by atoms with Gasteiger partial charge < -0.3 is 25.1 Å². The summed E-state index contributed by atoms with van der Waals surface area (Å²) in [6, 6.07) is 29.5. The summed E-state index contributed by atoms with van der Waals surface area (Å²) in [4.78, 5) is 55.3. The highest BCUT2D eigenvalue weighted by atomic mass is 32.2. The van der Waals surface area contributed by atoms with E-state index in [1.807, 2.05) is 31.2 Å². The molecule has 3 aromatic carbocycles. The molecule has 0 saturated carbocycles. The van der Waals surface area contributed by atoms with Crippen molar-refractivity contribution in [2.75, 3.05) is 17.2 Å². The van der Waals surface area contributed by atoms with Crippen LogP contribution in [0, 0.1) is 0 Å². The second kappa shape index (κ2) is 17.2. The average molecular weight is 734 g/mol. The summed E-state index contributed by atoms with van der Waals surface area (Å²) in [5.74, 6) is -0.891. The van der Waals surface area contributed by atoms with Crippen LogP contribution in [0.5, 0.6) is 0 Å². The first-order valence-corrected chi connectivity index (χ1v) is 18.9. The molecule has 2 unspecified atom stereocenters. The summed E-state index contributed by atoms with van der Waals surface area (Å²) in [7, 11) is 0. The molecule has 3 amide bonds. The Morgan fingerprint density at radius 1 is 0.942 bits per heavy atom. The van der Waals surface area contributed by atoms with Gasteiger partial charge >= 0.3 is 5.97 Å². The van der Waals surface area contributed by atoms with E-state index < -0.39 is 23.0 Å². The summed E-state index contributed by atoms with van der Waals surface area (Å²) in [6.07, 6.45) is 5.89. The minimum Gasteiger partial charge on any atom is -0.465 e. The molecule has 0 bridgehead atoms. The first-order chi connectivity index (χ1) is 25.3. The van der Waals surface area contributed by atoms with E-state index in [-0.39, 0.29) is 18.2 Å². The molecule has 3 N–H and O–H groups in total. The van der Waals surface area contributed by atoms with Gasteiger partial charge in [-0.2, -0.15) is 0 Å². The van der Waals surface area contributed by atoms with Crippen molar-refractivity contribution in [2.45, 2.75) is 55.6 Å². The third-order valence-electron chi connectivity index (χ3n) is 8.64. The van der Waals surface area contributed by atoms with Crippen molar-refractivity contribution in [3.05, 3.63) is 142 Å². The minimum absolute atomic E-state index is 0.00110. The number of fused-ring (bicyclic) bond motifs is 1. The number of benzene rings is 3. The molecule has 5 aromatic rings. The molecule has 0 radical (unpaired) electrons. The third-order valence-corrected chi connectivity index (χ3v) is 11.2. The van der Waals surface area contributed by atoms with Gasteiger partial charge in [-0.05, 0) is 92.1 Å². The molecule has 2 heterocycles. The number of furan rings is 1. The second-order valence-electron chi connectivity index (χ2n) is 12.2. The smallest absolute Gasteiger partial charge is 0.341 e. The van der Waals surface area contributed by atoms with Gasteiger partial charge in [0, 0.05) is 27.1 Å². The fourth-order valence-electron chi connectivity index (χ4n) is 6.09. The Balaban J connectivity index is 1.16. The van der Waals surface area contributed by atoms with E-state index in [0.717, 1.165) is 34.6 Å². The Kier molecular flexibility index (Phi) is 12.1. The van der Waals surface area contributed by atoms with Crippen LogP contribution < -0.4 is 16.0 Å². The van der Waals surface area contributed by atoms with Crippen LogP contribution in [0.3, 0.4) is 0 Å². The van der Waals surface area contributed by atoms with Gasteiger partial charge in [-0.25, -0.2) is 4.79 Å². The van der Waals surface area contributed by atoms with Crippen molar-refractivity contribution in [3.8, 4) is 0 Å². The summed E-state index contributed by atoms with van der Waals surface area (Å²) in [5, 5.41) is 8.67. The maximum atomic E-state index is 13.8. The maximum absolute atomic E-state index is 13.8. The molecule has 11 heteroatoms. The number of hydrogen-bond acceptors (Lipinski definition) is 8.